The zero-order valence-electron chi connectivity index (χ0n) is 14.0. The topological polar surface area (TPSA) is 58.4 Å². The summed E-state index contributed by atoms with van der Waals surface area (Å²) in [4.78, 5) is 14.5. The number of nitrogens with zero attached hydrogens (tertiary/aromatic N) is 3. The second kappa shape index (κ2) is 7.01. The Hall–Kier alpha value is -2.40. The van der Waals surface area contributed by atoms with Crippen LogP contribution in [-0.2, 0) is 12.8 Å². The van der Waals surface area contributed by atoms with Crippen molar-refractivity contribution in [3.05, 3.63) is 59.4 Å². The fourth-order valence-electron chi connectivity index (χ4n) is 3.31. The number of rotatable bonds is 6. The predicted octanol–water partition coefficient (Wildman–Crippen LogP) is 2.29. The molecular formula is C19H23N3O2. The summed E-state index contributed by atoms with van der Waals surface area (Å²) in [5.74, 6) is -0.130. The van der Waals surface area contributed by atoms with E-state index in [0.717, 1.165) is 41.8 Å². The minimum Gasteiger partial charge on any atom is -0.395 e. The highest BCUT2D eigenvalue weighted by molar-refractivity contribution is 5.94. The van der Waals surface area contributed by atoms with Crippen LogP contribution >= 0.6 is 0 Å². The van der Waals surface area contributed by atoms with Crippen LogP contribution in [0.25, 0.3) is 5.69 Å². The van der Waals surface area contributed by atoms with Crippen LogP contribution in [0.3, 0.4) is 0 Å². The van der Waals surface area contributed by atoms with Gasteiger partial charge in [0, 0.05) is 24.3 Å². The van der Waals surface area contributed by atoms with E-state index in [4.69, 9.17) is 0 Å². The lowest BCUT2D eigenvalue weighted by Crippen LogP contribution is -2.34. The van der Waals surface area contributed by atoms with E-state index in [-0.39, 0.29) is 19.1 Å². The molecule has 0 fully saturated rings. The number of carbonyl (C=O) groups excluding carboxylic acids is 1. The monoisotopic (exact) mass is 325 g/mol. The average molecular weight is 325 g/mol. The van der Waals surface area contributed by atoms with Gasteiger partial charge in [0.25, 0.3) is 5.91 Å². The van der Waals surface area contributed by atoms with Crippen molar-refractivity contribution in [1.29, 1.82) is 0 Å². The number of para-hydroxylation sites is 1. The number of aliphatic hydroxyl groups is 1. The van der Waals surface area contributed by atoms with Gasteiger partial charge in [0.15, 0.2) is 5.69 Å². The zero-order valence-corrected chi connectivity index (χ0v) is 14.0. The molecule has 5 heteroatoms. The summed E-state index contributed by atoms with van der Waals surface area (Å²) in [6.45, 7) is 6.37. The van der Waals surface area contributed by atoms with Crippen LogP contribution in [0, 0.1) is 6.92 Å². The molecule has 2 aromatic rings. The van der Waals surface area contributed by atoms with Crippen LogP contribution in [-0.4, -0.2) is 45.4 Å². The number of aromatic nitrogens is 2. The lowest BCUT2D eigenvalue weighted by molar-refractivity contribution is 0.0735. The van der Waals surface area contributed by atoms with Gasteiger partial charge in [-0.3, -0.25) is 4.79 Å². The molecule has 1 N–H and O–H groups in total. The third-order valence-electron chi connectivity index (χ3n) is 4.48. The van der Waals surface area contributed by atoms with Gasteiger partial charge in [-0.05, 0) is 37.8 Å². The van der Waals surface area contributed by atoms with Crippen LogP contribution in [0.2, 0.25) is 0 Å². The summed E-state index contributed by atoms with van der Waals surface area (Å²) in [7, 11) is 0. The van der Waals surface area contributed by atoms with E-state index in [1.807, 2.05) is 22.9 Å². The Kier molecular flexibility index (Phi) is 4.81. The molecule has 1 aromatic heterocycles. The smallest absolute Gasteiger partial charge is 0.275 e. The van der Waals surface area contributed by atoms with E-state index in [1.54, 1.807) is 11.0 Å². The number of aliphatic hydroxyl groups excluding tert-OH is 1. The van der Waals surface area contributed by atoms with Crippen molar-refractivity contribution in [1.82, 2.24) is 14.7 Å². The Morgan fingerprint density at radius 2 is 2.21 bits per heavy atom. The molecule has 1 aliphatic rings. The third-order valence-corrected chi connectivity index (χ3v) is 4.48. The minimum absolute atomic E-state index is 0.0692. The Morgan fingerprint density at radius 3 is 2.92 bits per heavy atom. The first-order chi connectivity index (χ1) is 11.7. The first-order valence-corrected chi connectivity index (χ1v) is 8.35. The van der Waals surface area contributed by atoms with Crippen molar-refractivity contribution < 1.29 is 9.90 Å². The summed E-state index contributed by atoms with van der Waals surface area (Å²) in [6, 6.07) is 8.07. The Labute approximate surface area is 142 Å². The van der Waals surface area contributed by atoms with Gasteiger partial charge in [-0.1, -0.05) is 24.3 Å². The first-order valence-electron chi connectivity index (χ1n) is 8.35. The van der Waals surface area contributed by atoms with E-state index in [2.05, 4.69) is 24.7 Å². The molecule has 0 atom stereocenters. The van der Waals surface area contributed by atoms with Gasteiger partial charge in [-0.25, -0.2) is 4.68 Å². The highest BCUT2D eigenvalue weighted by Crippen LogP contribution is 2.29. The van der Waals surface area contributed by atoms with E-state index < -0.39 is 0 Å². The number of hydrogen-bond donors (Lipinski definition) is 1. The standard InChI is InChI=1S/C19H23N3O2/c1-3-11-21(12-13-23)19(24)18-15-8-6-10-17(15)22(20-18)16-9-5-4-7-14(16)2/h3-5,7,9,23H,1,6,8,10-13H2,2H3. The number of hydrogen-bond acceptors (Lipinski definition) is 3. The van der Waals surface area contributed by atoms with Gasteiger partial charge in [-0.15, -0.1) is 6.58 Å². The molecule has 0 radical (unpaired) electrons. The van der Waals surface area contributed by atoms with Crippen molar-refractivity contribution in [2.45, 2.75) is 26.2 Å². The number of aryl methyl sites for hydroxylation is 1. The highest BCUT2D eigenvalue weighted by atomic mass is 16.3. The summed E-state index contributed by atoms with van der Waals surface area (Å²) < 4.78 is 1.93. The lowest BCUT2D eigenvalue weighted by atomic mass is 10.1. The predicted molar refractivity (Wildman–Crippen MR) is 93.5 cm³/mol. The van der Waals surface area contributed by atoms with E-state index in [1.165, 1.54) is 0 Å². The summed E-state index contributed by atoms with van der Waals surface area (Å²) in [5, 5.41) is 13.9. The lowest BCUT2D eigenvalue weighted by Gasteiger charge is -2.19. The van der Waals surface area contributed by atoms with E-state index in [9.17, 15) is 9.90 Å². The van der Waals surface area contributed by atoms with Crippen LogP contribution in [0.4, 0.5) is 0 Å². The maximum Gasteiger partial charge on any atom is 0.275 e. The Morgan fingerprint density at radius 1 is 1.42 bits per heavy atom. The van der Waals surface area contributed by atoms with Gasteiger partial charge in [-0.2, -0.15) is 5.10 Å². The van der Waals surface area contributed by atoms with Gasteiger partial charge >= 0.3 is 0 Å². The van der Waals surface area contributed by atoms with Gasteiger partial charge in [0.1, 0.15) is 0 Å². The molecule has 1 aliphatic carbocycles. The SMILES string of the molecule is C=CCN(CCO)C(=O)c1nn(-c2ccccc2C)c2c1CCC2. The number of carbonyl (C=O) groups is 1. The fraction of sp³-hybridized carbons (Fsp3) is 0.368. The molecule has 1 heterocycles. The summed E-state index contributed by atoms with van der Waals surface area (Å²) >= 11 is 0. The zero-order chi connectivity index (χ0) is 17.1. The molecule has 0 aliphatic heterocycles. The Balaban J connectivity index is 2.04. The van der Waals surface area contributed by atoms with Gasteiger partial charge in [0.2, 0.25) is 0 Å². The molecule has 0 saturated carbocycles. The molecular weight excluding hydrogens is 302 g/mol. The molecule has 0 saturated heterocycles. The molecule has 24 heavy (non-hydrogen) atoms. The minimum atomic E-state index is -0.130. The Bertz CT molecular complexity index is 764. The highest BCUT2D eigenvalue weighted by Gasteiger charge is 2.29. The number of fused-ring (bicyclic) bond motifs is 1. The fourth-order valence-corrected chi connectivity index (χ4v) is 3.31. The first kappa shape index (κ1) is 16.5. The van der Waals surface area contributed by atoms with Crippen LogP contribution in [0.1, 0.15) is 33.7 Å². The third kappa shape index (κ3) is 2.87. The second-order valence-corrected chi connectivity index (χ2v) is 6.09. The average Bonchev–Trinajstić information content (AvgIpc) is 3.17. The molecule has 0 unspecified atom stereocenters. The molecule has 0 bridgehead atoms. The largest absolute Gasteiger partial charge is 0.395 e. The molecule has 1 aromatic carbocycles. The van der Waals surface area contributed by atoms with Crippen molar-refractivity contribution in [3.8, 4) is 5.69 Å². The normalized spacial score (nSPS) is 12.9. The van der Waals surface area contributed by atoms with Crippen molar-refractivity contribution in [2.24, 2.45) is 0 Å². The maximum absolute atomic E-state index is 12.9. The van der Waals surface area contributed by atoms with Crippen LogP contribution in [0.15, 0.2) is 36.9 Å². The van der Waals surface area contributed by atoms with Gasteiger partial charge in [0.05, 0.1) is 12.3 Å². The van der Waals surface area contributed by atoms with Crippen LogP contribution < -0.4 is 0 Å². The van der Waals surface area contributed by atoms with Crippen LogP contribution in [0.5, 0.6) is 0 Å². The van der Waals surface area contributed by atoms with Gasteiger partial charge < -0.3 is 10.0 Å². The quantitative estimate of drug-likeness (QED) is 0.829. The molecule has 1 amide bonds. The number of amides is 1. The van der Waals surface area contributed by atoms with E-state index in [0.29, 0.717) is 12.2 Å². The summed E-state index contributed by atoms with van der Waals surface area (Å²) in [5.41, 5.74) is 4.85. The van der Waals surface area contributed by atoms with Crippen molar-refractivity contribution >= 4 is 5.91 Å². The number of benzene rings is 1. The van der Waals surface area contributed by atoms with E-state index >= 15 is 0 Å². The molecule has 126 valence electrons. The second-order valence-electron chi connectivity index (χ2n) is 6.09. The van der Waals surface area contributed by atoms with Crippen molar-refractivity contribution in [2.75, 3.05) is 19.7 Å². The van der Waals surface area contributed by atoms with Crippen molar-refractivity contribution in [3.63, 3.8) is 0 Å². The molecule has 3 rings (SSSR count). The maximum atomic E-state index is 12.9. The molecule has 0 spiro atoms. The summed E-state index contributed by atoms with van der Waals surface area (Å²) in [6.07, 6.45) is 4.53. The molecule has 5 nitrogen and oxygen atoms in total.